The number of hydrogen-bond acceptors (Lipinski definition) is 3. The Labute approximate surface area is 113 Å². The molecule has 2 rings (SSSR count). The van der Waals surface area contributed by atoms with Gasteiger partial charge in [0.15, 0.2) is 0 Å². The van der Waals surface area contributed by atoms with Gasteiger partial charge in [0.2, 0.25) is 0 Å². The lowest BCUT2D eigenvalue weighted by atomic mass is 10.0. The zero-order valence-corrected chi connectivity index (χ0v) is 11.9. The van der Waals surface area contributed by atoms with Crippen LogP contribution in [-0.4, -0.2) is 0 Å². The minimum Gasteiger partial charge on any atom is -0.271 e. The number of aryl methyl sites for hydroxylation is 1. The summed E-state index contributed by atoms with van der Waals surface area (Å²) in [6, 6.07) is 10.7. The molecule has 0 bridgehead atoms. The molecule has 0 saturated heterocycles. The number of nitrogens with two attached hydrogens (primary N) is 1. The third-order valence-electron chi connectivity index (χ3n) is 2.46. The Morgan fingerprint density at radius 3 is 2.69 bits per heavy atom. The van der Waals surface area contributed by atoms with Gasteiger partial charge in [-0.25, -0.2) is 5.43 Å². The molecule has 3 N–H and O–H groups in total. The largest absolute Gasteiger partial charge is 0.271 e. The third kappa shape index (κ3) is 2.63. The van der Waals surface area contributed by atoms with Crippen molar-refractivity contribution in [2.75, 3.05) is 0 Å². The van der Waals surface area contributed by atoms with E-state index >= 15 is 0 Å². The van der Waals surface area contributed by atoms with Gasteiger partial charge in [-0.1, -0.05) is 29.8 Å². The molecule has 0 amide bonds. The predicted octanol–water partition coefficient (Wildman–Crippen LogP) is 3.21. The number of benzene rings is 1. The first-order chi connectivity index (χ1) is 7.70. The van der Waals surface area contributed by atoms with Crippen molar-refractivity contribution in [3.05, 3.63) is 55.3 Å². The molecule has 0 aliphatic carbocycles. The summed E-state index contributed by atoms with van der Waals surface area (Å²) in [6.07, 6.45) is 0. The smallest absolute Gasteiger partial charge is 0.0718 e. The van der Waals surface area contributed by atoms with E-state index in [1.165, 1.54) is 19.6 Å². The highest BCUT2D eigenvalue weighted by Crippen LogP contribution is 2.27. The number of nitrogens with one attached hydrogen (secondary N) is 1. The standard InChI is InChI=1S/C12H13IN2S/c1-8-3-2-4-9(5-8)12(15-14)10-6-11(13)16-7-10/h2-7,12,15H,14H2,1H3. The molecule has 4 heteroatoms. The molecule has 0 aliphatic heterocycles. The fourth-order valence-electron chi connectivity index (χ4n) is 1.71. The van der Waals surface area contributed by atoms with Crippen molar-refractivity contribution in [3.63, 3.8) is 0 Å². The summed E-state index contributed by atoms with van der Waals surface area (Å²) >= 11 is 4.06. The van der Waals surface area contributed by atoms with Crippen molar-refractivity contribution in [2.45, 2.75) is 13.0 Å². The van der Waals surface area contributed by atoms with E-state index in [4.69, 9.17) is 5.84 Å². The highest BCUT2D eigenvalue weighted by atomic mass is 127. The SMILES string of the molecule is Cc1cccc(C(NN)c2csc(I)c2)c1. The van der Waals surface area contributed by atoms with Crippen molar-refractivity contribution in [1.29, 1.82) is 0 Å². The molecule has 0 radical (unpaired) electrons. The van der Waals surface area contributed by atoms with Crippen molar-refractivity contribution >= 4 is 33.9 Å². The van der Waals surface area contributed by atoms with E-state index in [2.05, 4.69) is 70.7 Å². The molecule has 0 saturated carbocycles. The van der Waals surface area contributed by atoms with Crippen LogP contribution in [0.5, 0.6) is 0 Å². The first-order valence-electron chi connectivity index (χ1n) is 4.97. The van der Waals surface area contributed by atoms with Crippen LogP contribution in [0, 0.1) is 9.81 Å². The molecule has 0 fully saturated rings. The molecule has 1 atom stereocenters. The summed E-state index contributed by atoms with van der Waals surface area (Å²) in [4.78, 5) is 0. The zero-order chi connectivity index (χ0) is 11.5. The van der Waals surface area contributed by atoms with Crippen LogP contribution in [0.25, 0.3) is 0 Å². The summed E-state index contributed by atoms with van der Waals surface area (Å²) in [6.45, 7) is 2.09. The lowest BCUT2D eigenvalue weighted by Crippen LogP contribution is -2.28. The molecule has 1 heterocycles. The quantitative estimate of drug-likeness (QED) is 0.510. The first kappa shape index (κ1) is 12.0. The van der Waals surface area contributed by atoms with E-state index < -0.39 is 0 Å². The van der Waals surface area contributed by atoms with Crippen LogP contribution in [0.15, 0.2) is 35.7 Å². The highest BCUT2D eigenvalue weighted by Gasteiger charge is 2.13. The van der Waals surface area contributed by atoms with Gasteiger partial charge < -0.3 is 0 Å². The van der Waals surface area contributed by atoms with E-state index in [-0.39, 0.29) is 6.04 Å². The fourth-order valence-corrected chi connectivity index (χ4v) is 3.11. The molecule has 84 valence electrons. The van der Waals surface area contributed by atoms with Gasteiger partial charge in [0, 0.05) is 0 Å². The third-order valence-corrected chi connectivity index (χ3v) is 4.27. The number of halogens is 1. The van der Waals surface area contributed by atoms with Gasteiger partial charge in [0.05, 0.1) is 8.93 Å². The van der Waals surface area contributed by atoms with Crippen molar-refractivity contribution in [3.8, 4) is 0 Å². The monoisotopic (exact) mass is 344 g/mol. The lowest BCUT2D eigenvalue weighted by Gasteiger charge is -2.15. The summed E-state index contributed by atoms with van der Waals surface area (Å²) in [7, 11) is 0. The van der Waals surface area contributed by atoms with Crippen LogP contribution >= 0.6 is 33.9 Å². The molecular weight excluding hydrogens is 331 g/mol. The van der Waals surface area contributed by atoms with Crippen LogP contribution in [-0.2, 0) is 0 Å². The van der Waals surface area contributed by atoms with Gasteiger partial charge in [-0.15, -0.1) is 11.3 Å². The maximum Gasteiger partial charge on any atom is 0.0718 e. The molecule has 1 unspecified atom stereocenters. The van der Waals surface area contributed by atoms with Crippen molar-refractivity contribution < 1.29 is 0 Å². The average molecular weight is 344 g/mol. The average Bonchev–Trinajstić information content (AvgIpc) is 2.66. The summed E-state index contributed by atoms with van der Waals surface area (Å²) < 4.78 is 1.28. The molecule has 0 aliphatic rings. The van der Waals surface area contributed by atoms with E-state index in [1.54, 1.807) is 11.3 Å². The van der Waals surface area contributed by atoms with Gasteiger partial charge in [0.25, 0.3) is 0 Å². The van der Waals surface area contributed by atoms with E-state index in [0.717, 1.165) is 0 Å². The van der Waals surface area contributed by atoms with E-state index in [0.29, 0.717) is 0 Å². The number of rotatable bonds is 3. The maximum atomic E-state index is 5.65. The van der Waals surface area contributed by atoms with Gasteiger partial charge in [0.1, 0.15) is 0 Å². The zero-order valence-electron chi connectivity index (χ0n) is 8.91. The fraction of sp³-hybridized carbons (Fsp3) is 0.167. The summed E-state index contributed by atoms with van der Waals surface area (Å²) in [5.41, 5.74) is 6.56. The molecule has 2 aromatic rings. The van der Waals surface area contributed by atoms with Gasteiger partial charge in [-0.05, 0) is 52.1 Å². The molecule has 16 heavy (non-hydrogen) atoms. The van der Waals surface area contributed by atoms with Gasteiger partial charge in [-0.2, -0.15) is 0 Å². The normalized spacial score (nSPS) is 12.7. The number of hydrazine groups is 1. The Hall–Kier alpha value is -0.430. The predicted molar refractivity (Wildman–Crippen MR) is 77.4 cm³/mol. The molecule has 1 aromatic heterocycles. The Balaban J connectivity index is 2.36. The van der Waals surface area contributed by atoms with Gasteiger partial charge in [-0.3, -0.25) is 5.84 Å². The van der Waals surface area contributed by atoms with Crippen molar-refractivity contribution in [2.24, 2.45) is 5.84 Å². The van der Waals surface area contributed by atoms with Crippen LogP contribution in [0.3, 0.4) is 0 Å². The first-order valence-corrected chi connectivity index (χ1v) is 6.93. The molecular formula is C12H13IN2S. The topological polar surface area (TPSA) is 38.0 Å². The lowest BCUT2D eigenvalue weighted by molar-refractivity contribution is 0.638. The Bertz CT molecular complexity index is 481. The van der Waals surface area contributed by atoms with E-state index in [1.807, 2.05) is 0 Å². The Morgan fingerprint density at radius 2 is 2.12 bits per heavy atom. The molecule has 0 spiro atoms. The summed E-state index contributed by atoms with van der Waals surface area (Å²) in [5, 5.41) is 2.15. The second-order valence-corrected chi connectivity index (χ2v) is 6.50. The summed E-state index contributed by atoms with van der Waals surface area (Å²) in [5.74, 6) is 5.65. The van der Waals surface area contributed by atoms with Crippen LogP contribution in [0.1, 0.15) is 22.7 Å². The Kier molecular flexibility index (Phi) is 3.96. The van der Waals surface area contributed by atoms with Gasteiger partial charge >= 0.3 is 0 Å². The van der Waals surface area contributed by atoms with Crippen LogP contribution < -0.4 is 11.3 Å². The minimum absolute atomic E-state index is 0.0830. The second kappa shape index (κ2) is 5.27. The van der Waals surface area contributed by atoms with Crippen molar-refractivity contribution in [1.82, 2.24) is 5.43 Å². The van der Waals surface area contributed by atoms with Crippen LogP contribution in [0.4, 0.5) is 0 Å². The molecule has 1 aromatic carbocycles. The maximum absolute atomic E-state index is 5.65. The number of hydrogen-bond donors (Lipinski definition) is 2. The second-order valence-electron chi connectivity index (χ2n) is 3.70. The highest BCUT2D eigenvalue weighted by molar-refractivity contribution is 14.1. The van der Waals surface area contributed by atoms with E-state index in [9.17, 15) is 0 Å². The minimum atomic E-state index is 0.0830. The van der Waals surface area contributed by atoms with Crippen LogP contribution in [0.2, 0.25) is 0 Å². The Morgan fingerprint density at radius 1 is 1.31 bits per heavy atom. The molecule has 2 nitrogen and oxygen atoms in total. The number of thiophene rings is 1.